The van der Waals surface area contributed by atoms with Gasteiger partial charge in [-0.05, 0) is 53.6 Å². The molecule has 0 saturated carbocycles. The summed E-state index contributed by atoms with van der Waals surface area (Å²) in [7, 11) is 0. The van der Waals surface area contributed by atoms with Gasteiger partial charge in [-0.1, -0.05) is 90.4 Å². The van der Waals surface area contributed by atoms with E-state index in [1.54, 1.807) is 0 Å². The van der Waals surface area contributed by atoms with Gasteiger partial charge in [0, 0.05) is 11.1 Å². The summed E-state index contributed by atoms with van der Waals surface area (Å²) in [6, 6.07) is 28.3. The lowest BCUT2D eigenvalue weighted by Gasteiger charge is -1.92. The zero-order valence-corrected chi connectivity index (χ0v) is 14.4. The number of rotatable bonds is 2. The minimum Gasteiger partial charge on any atom is -0.0696 e. The Morgan fingerprint density at radius 1 is 0.500 bits per heavy atom. The van der Waals surface area contributed by atoms with E-state index >= 15 is 0 Å². The van der Waals surface area contributed by atoms with E-state index in [9.17, 15) is 0 Å². The normalized spacial score (nSPS) is 10.2. The average Bonchev–Trinajstić information content (AvgIpc) is 2.71. The van der Waals surface area contributed by atoms with Crippen molar-refractivity contribution in [2.24, 2.45) is 0 Å². The molecule has 0 radical (unpaired) electrons. The third-order valence-electron chi connectivity index (χ3n) is 3.61. The monoisotopic (exact) mass is 330 g/mol. The molecule has 0 fully saturated rings. The van der Waals surface area contributed by atoms with Crippen LogP contribution in [0.2, 0.25) is 0 Å². The summed E-state index contributed by atoms with van der Waals surface area (Å²) >= 11 is 0. The lowest BCUT2D eigenvalue weighted by molar-refractivity contribution is 1.60. The first-order valence-corrected chi connectivity index (χ1v) is 8.46. The summed E-state index contributed by atoms with van der Waals surface area (Å²) < 4.78 is 0. The van der Waals surface area contributed by atoms with Gasteiger partial charge in [0.05, 0.1) is 0 Å². The molecule has 0 aliphatic carbocycles. The predicted octanol–water partition coefficient (Wildman–Crippen LogP) is 5.82. The van der Waals surface area contributed by atoms with Crippen LogP contribution < -0.4 is 0 Å². The maximum Gasteiger partial charge on any atom is 0.0261 e. The van der Waals surface area contributed by atoms with Crippen molar-refractivity contribution < 1.29 is 0 Å². The molecule has 0 aliphatic heterocycles. The smallest absolute Gasteiger partial charge is 0.0261 e. The first kappa shape index (κ1) is 17.1. The first-order chi connectivity index (χ1) is 12.9. The van der Waals surface area contributed by atoms with Gasteiger partial charge in [0.15, 0.2) is 0 Å². The van der Waals surface area contributed by atoms with Crippen molar-refractivity contribution in [3.63, 3.8) is 0 Å². The van der Waals surface area contributed by atoms with Crippen LogP contribution in [0.25, 0.3) is 12.2 Å². The molecule has 0 heteroatoms. The van der Waals surface area contributed by atoms with Crippen LogP contribution in [0.3, 0.4) is 0 Å². The van der Waals surface area contributed by atoms with Gasteiger partial charge in [0.25, 0.3) is 0 Å². The summed E-state index contributed by atoms with van der Waals surface area (Å²) in [4.78, 5) is 0. The quantitative estimate of drug-likeness (QED) is 0.520. The zero-order valence-electron chi connectivity index (χ0n) is 14.4. The summed E-state index contributed by atoms with van der Waals surface area (Å²) in [6.45, 7) is 0. The molecule has 0 aliphatic rings. The van der Waals surface area contributed by atoms with Crippen LogP contribution in [0.5, 0.6) is 0 Å². The Morgan fingerprint density at radius 2 is 0.962 bits per heavy atom. The van der Waals surface area contributed by atoms with Gasteiger partial charge in [-0.3, -0.25) is 0 Å². The molecule has 3 rings (SSSR count). The Balaban J connectivity index is 1.64. The van der Waals surface area contributed by atoms with E-state index in [2.05, 4.69) is 47.9 Å². The molecule has 0 nitrogen and oxygen atoms in total. The van der Waals surface area contributed by atoms with E-state index in [-0.39, 0.29) is 0 Å². The maximum atomic E-state index is 3.15. The van der Waals surface area contributed by atoms with Crippen molar-refractivity contribution in [3.05, 3.63) is 119 Å². The third-order valence-corrected chi connectivity index (χ3v) is 3.61. The van der Waals surface area contributed by atoms with Crippen LogP contribution in [0, 0.1) is 23.7 Å². The van der Waals surface area contributed by atoms with Crippen molar-refractivity contribution in [2.75, 3.05) is 0 Å². The molecule has 3 aromatic rings. The fraction of sp³-hybridized carbons (Fsp3) is 0. The van der Waals surface area contributed by atoms with Crippen LogP contribution in [-0.2, 0) is 0 Å². The molecule has 0 atom stereocenters. The molecule has 26 heavy (non-hydrogen) atoms. The molecule has 0 heterocycles. The predicted molar refractivity (Wildman–Crippen MR) is 111 cm³/mol. The molecule has 3 aromatic carbocycles. The van der Waals surface area contributed by atoms with Gasteiger partial charge in [-0.25, -0.2) is 0 Å². The highest BCUT2D eigenvalue weighted by Gasteiger charge is 1.89. The first-order valence-electron chi connectivity index (χ1n) is 8.46. The number of hydrogen-bond acceptors (Lipinski definition) is 0. The van der Waals surface area contributed by atoms with Crippen molar-refractivity contribution in [2.45, 2.75) is 0 Å². The van der Waals surface area contributed by atoms with Crippen LogP contribution in [0.1, 0.15) is 22.3 Å². The van der Waals surface area contributed by atoms with Gasteiger partial charge >= 0.3 is 0 Å². The Labute approximate surface area is 155 Å². The highest BCUT2D eigenvalue weighted by molar-refractivity contribution is 5.55. The van der Waals surface area contributed by atoms with E-state index in [1.807, 2.05) is 85.0 Å². The van der Waals surface area contributed by atoms with Crippen molar-refractivity contribution >= 4 is 12.2 Å². The summed E-state index contributed by atoms with van der Waals surface area (Å²) in [5.74, 6) is 12.4. The molecule has 0 saturated heterocycles. The van der Waals surface area contributed by atoms with Gasteiger partial charge in [0.1, 0.15) is 0 Å². The van der Waals surface area contributed by atoms with Crippen LogP contribution in [0.4, 0.5) is 0 Å². The summed E-state index contributed by atoms with van der Waals surface area (Å²) in [6.07, 6.45) is 7.75. The minimum atomic E-state index is 0.960. The number of benzene rings is 3. The molecule has 0 N–H and O–H groups in total. The molecule has 0 spiro atoms. The molecule has 122 valence electrons. The lowest BCUT2D eigenvalue weighted by atomic mass is 10.1. The zero-order chi connectivity index (χ0) is 17.9. The highest BCUT2D eigenvalue weighted by atomic mass is 13.9. The SMILES string of the molecule is C(#Cc1cccc(C#CC=Cc2ccccc2)c1)C=Cc1ccccc1. The van der Waals surface area contributed by atoms with Crippen LogP contribution >= 0.6 is 0 Å². The summed E-state index contributed by atoms with van der Waals surface area (Å²) in [5.41, 5.74) is 4.21. The topological polar surface area (TPSA) is 0 Å². The fourth-order valence-corrected chi connectivity index (χ4v) is 2.33. The van der Waals surface area contributed by atoms with E-state index < -0.39 is 0 Å². The van der Waals surface area contributed by atoms with Gasteiger partial charge in [0.2, 0.25) is 0 Å². The van der Waals surface area contributed by atoms with Gasteiger partial charge < -0.3 is 0 Å². The second kappa shape index (κ2) is 9.53. The second-order valence-electron chi connectivity index (χ2n) is 5.61. The minimum absolute atomic E-state index is 0.960. The highest BCUT2D eigenvalue weighted by Crippen LogP contribution is 2.04. The Kier molecular flexibility index (Phi) is 6.27. The van der Waals surface area contributed by atoms with Crippen LogP contribution in [-0.4, -0.2) is 0 Å². The molecular formula is C26H18. The fourth-order valence-electron chi connectivity index (χ4n) is 2.33. The Bertz CT molecular complexity index is 932. The Morgan fingerprint density at radius 3 is 1.42 bits per heavy atom. The molecule has 0 amide bonds. The van der Waals surface area contributed by atoms with Crippen molar-refractivity contribution in [1.82, 2.24) is 0 Å². The maximum absolute atomic E-state index is 3.15. The van der Waals surface area contributed by atoms with E-state index in [0.717, 1.165) is 22.3 Å². The van der Waals surface area contributed by atoms with Gasteiger partial charge in [-0.15, -0.1) is 0 Å². The third kappa shape index (κ3) is 5.72. The molecule has 0 unspecified atom stereocenters. The molecule has 0 aromatic heterocycles. The van der Waals surface area contributed by atoms with Crippen LogP contribution in [0.15, 0.2) is 97.1 Å². The van der Waals surface area contributed by atoms with Crippen molar-refractivity contribution in [3.8, 4) is 23.7 Å². The van der Waals surface area contributed by atoms with E-state index in [1.165, 1.54) is 0 Å². The number of allylic oxidation sites excluding steroid dienone is 2. The molecular weight excluding hydrogens is 312 g/mol. The average molecular weight is 330 g/mol. The van der Waals surface area contributed by atoms with E-state index in [0.29, 0.717) is 0 Å². The standard InChI is InChI=1S/C26H18/c1-3-12-23(13-4-1)16-7-9-18-25-20-11-21-26(22-25)19-10-8-17-24-14-5-2-6-15-24/h1-8,11-17,20-22H. The van der Waals surface area contributed by atoms with E-state index in [4.69, 9.17) is 0 Å². The van der Waals surface area contributed by atoms with Crippen molar-refractivity contribution in [1.29, 1.82) is 0 Å². The van der Waals surface area contributed by atoms with Gasteiger partial charge in [-0.2, -0.15) is 0 Å². The second-order valence-corrected chi connectivity index (χ2v) is 5.61. The molecule has 0 bridgehead atoms. The largest absolute Gasteiger partial charge is 0.0696 e. The lowest BCUT2D eigenvalue weighted by Crippen LogP contribution is -1.77. The summed E-state index contributed by atoms with van der Waals surface area (Å²) in [5, 5.41) is 0. The Hall–Kier alpha value is -3.74. The number of hydrogen-bond donors (Lipinski definition) is 0.